The maximum atomic E-state index is 9.83. The molecule has 3 unspecified atom stereocenters. The number of aliphatic hydroxyl groups is 1. The molecule has 1 spiro atoms. The lowest BCUT2D eigenvalue weighted by atomic mass is 9.96. The molecule has 3 rings (SSSR count). The average Bonchev–Trinajstić information content (AvgIpc) is 2.84. The minimum absolute atomic E-state index is 0.140. The summed E-state index contributed by atoms with van der Waals surface area (Å²) < 4.78 is 5.71. The first-order valence-electron chi connectivity index (χ1n) is 5.24. The number of hydrogen-bond acceptors (Lipinski definition) is 2. The molecule has 0 aromatic heterocycles. The van der Waals surface area contributed by atoms with Gasteiger partial charge in [-0.05, 0) is 24.8 Å². The number of hydrogen-bond donors (Lipinski definition) is 1. The van der Waals surface area contributed by atoms with Crippen molar-refractivity contribution < 1.29 is 9.84 Å². The second-order valence-corrected chi connectivity index (χ2v) is 4.27. The van der Waals surface area contributed by atoms with Crippen LogP contribution < -0.4 is 0 Å². The van der Waals surface area contributed by atoms with Crippen LogP contribution in [-0.2, 0) is 4.74 Å². The molecule has 1 aromatic carbocycles. The largest absolute Gasteiger partial charge is 0.390 e. The van der Waals surface area contributed by atoms with E-state index >= 15 is 0 Å². The highest BCUT2D eigenvalue weighted by Crippen LogP contribution is 2.58. The van der Waals surface area contributed by atoms with Crippen molar-refractivity contribution in [2.45, 2.75) is 37.1 Å². The summed E-state index contributed by atoms with van der Waals surface area (Å²) in [6.45, 7) is 0. The normalized spacial score (nSPS) is 40.4. The van der Waals surface area contributed by atoms with E-state index in [1.807, 2.05) is 18.2 Å². The van der Waals surface area contributed by atoms with Gasteiger partial charge in [-0.3, -0.25) is 0 Å². The molecular formula is C12H14O2. The summed E-state index contributed by atoms with van der Waals surface area (Å²) in [5.41, 5.74) is 0.981. The molecule has 1 aromatic rings. The molecule has 1 N–H and O–H groups in total. The zero-order chi connectivity index (χ0) is 9.60. The van der Waals surface area contributed by atoms with E-state index in [9.17, 15) is 5.11 Å². The first-order chi connectivity index (χ1) is 6.83. The Labute approximate surface area is 83.5 Å². The highest BCUT2D eigenvalue weighted by atomic mass is 16.6. The molecule has 3 atom stereocenters. The van der Waals surface area contributed by atoms with Crippen LogP contribution in [0.1, 0.15) is 30.9 Å². The molecule has 1 aliphatic carbocycles. The van der Waals surface area contributed by atoms with E-state index in [0.717, 1.165) is 19.3 Å². The van der Waals surface area contributed by atoms with Crippen LogP contribution in [0.4, 0.5) is 0 Å². The van der Waals surface area contributed by atoms with Crippen LogP contribution in [0.25, 0.3) is 0 Å². The predicted molar refractivity (Wildman–Crippen MR) is 52.9 cm³/mol. The van der Waals surface area contributed by atoms with Gasteiger partial charge in [0, 0.05) is 0 Å². The van der Waals surface area contributed by atoms with Crippen molar-refractivity contribution in [1.82, 2.24) is 0 Å². The van der Waals surface area contributed by atoms with Crippen molar-refractivity contribution in [1.29, 1.82) is 0 Å². The SMILES string of the molecule is OC1CCCC12OC2c1ccccc1. The maximum Gasteiger partial charge on any atom is 0.125 e. The van der Waals surface area contributed by atoms with E-state index in [1.54, 1.807) is 0 Å². The van der Waals surface area contributed by atoms with Crippen molar-refractivity contribution in [2.75, 3.05) is 0 Å². The highest BCUT2D eigenvalue weighted by molar-refractivity contribution is 5.28. The van der Waals surface area contributed by atoms with E-state index in [4.69, 9.17) is 4.74 Å². The fraction of sp³-hybridized carbons (Fsp3) is 0.500. The Morgan fingerprint density at radius 3 is 2.71 bits per heavy atom. The van der Waals surface area contributed by atoms with E-state index in [1.165, 1.54) is 5.56 Å². The minimum atomic E-state index is -0.257. The lowest BCUT2D eigenvalue weighted by molar-refractivity contribution is 0.0998. The van der Waals surface area contributed by atoms with E-state index in [0.29, 0.717) is 0 Å². The number of rotatable bonds is 1. The van der Waals surface area contributed by atoms with Crippen molar-refractivity contribution in [3.05, 3.63) is 35.9 Å². The fourth-order valence-electron chi connectivity index (χ4n) is 2.59. The zero-order valence-electron chi connectivity index (χ0n) is 8.02. The van der Waals surface area contributed by atoms with Crippen LogP contribution in [0.15, 0.2) is 30.3 Å². The molecule has 2 fully saturated rings. The Morgan fingerprint density at radius 2 is 2.07 bits per heavy atom. The maximum absolute atomic E-state index is 9.83. The summed E-state index contributed by atoms with van der Waals surface area (Å²) in [4.78, 5) is 0. The average molecular weight is 190 g/mol. The monoisotopic (exact) mass is 190 g/mol. The van der Waals surface area contributed by atoms with Gasteiger partial charge in [-0.1, -0.05) is 30.3 Å². The molecule has 0 amide bonds. The minimum Gasteiger partial charge on any atom is -0.390 e. The molecule has 2 aliphatic rings. The van der Waals surface area contributed by atoms with E-state index in [-0.39, 0.29) is 17.8 Å². The number of ether oxygens (including phenoxy) is 1. The van der Waals surface area contributed by atoms with Crippen LogP contribution in [0.2, 0.25) is 0 Å². The molecule has 1 saturated carbocycles. The molecule has 74 valence electrons. The van der Waals surface area contributed by atoms with Crippen LogP contribution in [0.3, 0.4) is 0 Å². The van der Waals surface area contributed by atoms with Gasteiger partial charge in [-0.25, -0.2) is 0 Å². The number of epoxide rings is 1. The Bertz CT molecular complexity index is 335. The van der Waals surface area contributed by atoms with Crippen molar-refractivity contribution in [3.8, 4) is 0 Å². The third-order valence-corrected chi connectivity index (χ3v) is 3.44. The van der Waals surface area contributed by atoms with Crippen LogP contribution in [0, 0.1) is 0 Å². The summed E-state index contributed by atoms with van der Waals surface area (Å²) in [5, 5.41) is 9.83. The van der Waals surface area contributed by atoms with Gasteiger partial charge in [0.2, 0.25) is 0 Å². The van der Waals surface area contributed by atoms with Crippen LogP contribution in [0.5, 0.6) is 0 Å². The van der Waals surface area contributed by atoms with Crippen molar-refractivity contribution >= 4 is 0 Å². The summed E-state index contributed by atoms with van der Waals surface area (Å²) in [6.07, 6.45) is 2.87. The summed E-state index contributed by atoms with van der Waals surface area (Å²) in [5.74, 6) is 0. The Kier molecular flexibility index (Phi) is 1.70. The first kappa shape index (κ1) is 8.45. The van der Waals surface area contributed by atoms with E-state index in [2.05, 4.69) is 12.1 Å². The summed E-state index contributed by atoms with van der Waals surface area (Å²) in [6, 6.07) is 10.2. The molecule has 0 radical (unpaired) electrons. The zero-order valence-corrected chi connectivity index (χ0v) is 8.02. The molecule has 2 nitrogen and oxygen atoms in total. The van der Waals surface area contributed by atoms with Gasteiger partial charge in [0.1, 0.15) is 11.7 Å². The van der Waals surface area contributed by atoms with Gasteiger partial charge >= 0.3 is 0 Å². The molecule has 1 saturated heterocycles. The summed E-state index contributed by atoms with van der Waals surface area (Å²) in [7, 11) is 0. The third-order valence-electron chi connectivity index (χ3n) is 3.44. The van der Waals surface area contributed by atoms with Gasteiger partial charge in [-0.15, -0.1) is 0 Å². The molecule has 2 heteroatoms. The van der Waals surface area contributed by atoms with Gasteiger partial charge in [0.05, 0.1) is 6.10 Å². The standard InChI is InChI=1S/C12H14O2/c13-10-7-4-8-12(10)11(14-12)9-5-2-1-3-6-9/h1-3,5-6,10-11,13H,4,7-8H2. The predicted octanol–water partition coefficient (Wildman–Crippen LogP) is 2.04. The number of benzene rings is 1. The van der Waals surface area contributed by atoms with Gasteiger partial charge in [0.25, 0.3) is 0 Å². The summed E-state index contributed by atoms with van der Waals surface area (Å²) >= 11 is 0. The van der Waals surface area contributed by atoms with Gasteiger partial charge in [-0.2, -0.15) is 0 Å². The molecule has 0 bridgehead atoms. The lowest BCUT2D eigenvalue weighted by Gasteiger charge is -2.08. The Hall–Kier alpha value is -0.860. The second kappa shape index (κ2) is 2.81. The molecule has 1 aliphatic heterocycles. The van der Waals surface area contributed by atoms with Crippen LogP contribution >= 0.6 is 0 Å². The lowest BCUT2D eigenvalue weighted by Crippen LogP contribution is -2.23. The Balaban J connectivity index is 1.85. The molecular weight excluding hydrogens is 176 g/mol. The fourth-order valence-corrected chi connectivity index (χ4v) is 2.59. The van der Waals surface area contributed by atoms with Gasteiger partial charge in [0.15, 0.2) is 0 Å². The van der Waals surface area contributed by atoms with Crippen molar-refractivity contribution in [3.63, 3.8) is 0 Å². The molecule has 14 heavy (non-hydrogen) atoms. The van der Waals surface area contributed by atoms with E-state index < -0.39 is 0 Å². The van der Waals surface area contributed by atoms with Crippen molar-refractivity contribution in [2.24, 2.45) is 0 Å². The topological polar surface area (TPSA) is 32.8 Å². The quantitative estimate of drug-likeness (QED) is 0.687. The Morgan fingerprint density at radius 1 is 1.29 bits per heavy atom. The highest BCUT2D eigenvalue weighted by Gasteiger charge is 2.63. The smallest absolute Gasteiger partial charge is 0.125 e. The van der Waals surface area contributed by atoms with Crippen LogP contribution in [-0.4, -0.2) is 16.8 Å². The third kappa shape index (κ3) is 1.04. The second-order valence-electron chi connectivity index (χ2n) is 4.27. The molecule has 1 heterocycles. The number of aliphatic hydroxyl groups excluding tert-OH is 1. The first-order valence-corrected chi connectivity index (χ1v) is 5.24. The van der Waals surface area contributed by atoms with Gasteiger partial charge < -0.3 is 9.84 Å².